The molecule has 0 aromatic carbocycles. The SMILES string of the molecule is CC(=O)O[C@@H]1CC[C@@H]2[C@H](CC[C@H]3[C@H]4C[C@H](OC(C)=O)[C@H]([C@H](C)[C@H]5CC[C@H](C)CN5C#N)[C@@H]4CC[C@@H]32)C1. The van der Waals surface area contributed by atoms with Crippen LogP contribution >= 0.6 is 0 Å². The number of likely N-dealkylation sites (tertiary alicyclic amines) is 1. The lowest BCUT2D eigenvalue weighted by Crippen LogP contribution is -2.49. The Hall–Kier alpha value is -1.77. The Kier molecular flexibility index (Phi) is 7.57. The number of fused-ring (bicyclic) bond motifs is 5. The molecule has 1 heterocycles. The van der Waals surface area contributed by atoms with Crippen LogP contribution in [0.15, 0.2) is 0 Å². The third-order valence-electron chi connectivity index (χ3n) is 11.2. The van der Waals surface area contributed by atoms with Crippen molar-refractivity contribution in [3.63, 3.8) is 0 Å². The Bertz CT molecular complexity index is 870. The van der Waals surface area contributed by atoms with Gasteiger partial charge in [-0.2, -0.15) is 5.26 Å². The third kappa shape index (κ3) is 4.88. The number of carbonyl (C=O) groups is 2. The molecular formula is C30H46N2O4. The summed E-state index contributed by atoms with van der Waals surface area (Å²) in [4.78, 5) is 25.7. The van der Waals surface area contributed by atoms with Gasteiger partial charge in [-0.05, 0) is 112 Å². The molecule has 12 atom stereocenters. The molecule has 5 fully saturated rings. The maximum Gasteiger partial charge on any atom is 0.302 e. The standard InChI is InChI=1S/C30H46N2O4/c1-17-5-12-28(32(15-17)16-31)18(2)30-26-11-10-24-23-9-7-22(35-19(3)33)13-21(23)6-8-25(24)27(26)14-29(30)36-20(4)34/h17-18,21-30H,5-15H2,1-4H3/t17-,18+,21+,22+,23+,24+,25+,26+,27+,28+,29-,30+/m0/s1. The topological polar surface area (TPSA) is 79.6 Å². The van der Waals surface area contributed by atoms with E-state index >= 15 is 0 Å². The second-order valence-electron chi connectivity index (χ2n) is 13.1. The van der Waals surface area contributed by atoms with Crippen LogP contribution in [0.1, 0.15) is 91.9 Å². The van der Waals surface area contributed by atoms with Gasteiger partial charge >= 0.3 is 11.9 Å². The highest BCUT2D eigenvalue weighted by atomic mass is 16.5. The van der Waals surface area contributed by atoms with Crippen molar-refractivity contribution in [2.45, 2.75) is 110 Å². The van der Waals surface area contributed by atoms with Gasteiger partial charge < -0.3 is 14.4 Å². The summed E-state index contributed by atoms with van der Waals surface area (Å²) in [5.41, 5.74) is 0. The molecule has 6 nitrogen and oxygen atoms in total. The number of nitrogens with zero attached hydrogens (tertiary/aromatic N) is 2. The minimum atomic E-state index is -0.158. The second kappa shape index (κ2) is 10.5. The molecule has 5 aliphatic rings. The fraction of sp³-hybridized carbons (Fsp3) is 0.900. The van der Waals surface area contributed by atoms with Crippen molar-refractivity contribution in [1.82, 2.24) is 4.90 Å². The van der Waals surface area contributed by atoms with Gasteiger partial charge in [0.25, 0.3) is 0 Å². The fourth-order valence-corrected chi connectivity index (χ4v) is 9.98. The number of hydrogen-bond acceptors (Lipinski definition) is 6. The van der Waals surface area contributed by atoms with E-state index in [1.54, 1.807) is 6.92 Å². The van der Waals surface area contributed by atoms with E-state index in [0.717, 1.165) is 50.0 Å². The predicted molar refractivity (Wildman–Crippen MR) is 136 cm³/mol. The summed E-state index contributed by atoms with van der Waals surface area (Å²) >= 11 is 0. The average Bonchev–Trinajstić information content (AvgIpc) is 3.20. The zero-order chi connectivity index (χ0) is 25.6. The average molecular weight is 499 g/mol. The lowest BCUT2D eigenvalue weighted by atomic mass is 9.53. The quantitative estimate of drug-likeness (QED) is 0.373. The van der Waals surface area contributed by atoms with Crippen LogP contribution in [-0.4, -0.2) is 41.6 Å². The molecule has 1 aliphatic heterocycles. The lowest BCUT2D eigenvalue weighted by Gasteiger charge is -2.53. The normalized spacial score (nSPS) is 44.9. The summed E-state index contributed by atoms with van der Waals surface area (Å²) < 4.78 is 11.7. The number of rotatable bonds is 4. The van der Waals surface area contributed by atoms with Gasteiger partial charge in [-0.3, -0.25) is 9.59 Å². The number of ether oxygens (including phenoxy) is 2. The van der Waals surface area contributed by atoms with Gasteiger partial charge in [0, 0.05) is 32.4 Å². The van der Waals surface area contributed by atoms with E-state index in [1.807, 2.05) is 4.90 Å². The monoisotopic (exact) mass is 498 g/mol. The predicted octanol–water partition coefficient (Wildman–Crippen LogP) is 5.56. The molecule has 4 aliphatic carbocycles. The first-order chi connectivity index (χ1) is 17.3. The van der Waals surface area contributed by atoms with Crippen LogP contribution in [0.3, 0.4) is 0 Å². The van der Waals surface area contributed by atoms with Gasteiger partial charge in [0.05, 0.1) is 0 Å². The molecule has 0 aromatic heterocycles. The molecule has 0 bridgehead atoms. The molecular weight excluding hydrogens is 452 g/mol. The molecule has 4 saturated carbocycles. The molecule has 1 saturated heterocycles. The second-order valence-corrected chi connectivity index (χ2v) is 13.1. The minimum Gasteiger partial charge on any atom is -0.463 e. The largest absolute Gasteiger partial charge is 0.463 e. The van der Waals surface area contributed by atoms with Crippen LogP contribution in [0, 0.1) is 64.7 Å². The van der Waals surface area contributed by atoms with Gasteiger partial charge in [-0.15, -0.1) is 0 Å². The van der Waals surface area contributed by atoms with Gasteiger partial charge in [-0.1, -0.05) is 13.8 Å². The molecule has 0 radical (unpaired) electrons. The molecule has 0 amide bonds. The Labute approximate surface area is 217 Å². The van der Waals surface area contributed by atoms with Crippen molar-refractivity contribution in [1.29, 1.82) is 5.26 Å². The number of esters is 2. The maximum absolute atomic E-state index is 12.2. The number of hydrogen-bond donors (Lipinski definition) is 0. The molecule has 0 spiro atoms. The Morgan fingerprint density at radius 2 is 1.50 bits per heavy atom. The van der Waals surface area contributed by atoms with E-state index in [4.69, 9.17) is 9.47 Å². The summed E-state index contributed by atoms with van der Waals surface area (Å²) in [6, 6.07) is 0.262. The number of carbonyl (C=O) groups excluding carboxylic acids is 2. The van der Waals surface area contributed by atoms with Crippen LogP contribution < -0.4 is 0 Å². The van der Waals surface area contributed by atoms with Crippen molar-refractivity contribution < 1.29 is 19.1 Å². The molecule has 0 unspecified atom stereocenters. The van der Waals surface area contributed by atoms with E-state index in [1.165, 1.54) is 45.4 Å². The minimum absolute atomic E-state index is 0.0106. The van der Waals surface area contributed by atoms with Crippen molar-refractivity contribution >= 4 is 11.9 Å². The lowest BCUT2D eigenvalue weighted by molar-refractivity contribution is -0.152. The Morgan fingerprint density at radius 1 is 0.833 bits per heavy atom. The van der Waals surface area contributed by atoms with E-state index < -0.39 is 0 Å². The summed E-state index contributed by atoms with van der Waals surface area (Å²) in [6.07, 6.45) is 14.1. The first-order valence-electron chi connectivity index (χ1n) is 14.8. The summed E-state index contributed by atoms with van der Waals surface area (Å²) in [6.45, 7) is 8.53. The first-order valence-corrected chi connectivity index (χ1v) is 14.8. The van der Waals surface area contributed by atoms with Crippen LogP contribution in [0.2, 0.25) is 0 Å². The van der Waals surface area contributed by atoms with E-state index in [0.29, 0.717) is 35.5 Å². The highest BCUT2D eigenvalue weighted by Crippen LogP contribution is 2.61. The zero-order valence-corrected chi connectivity index (χ0v) is 22.7. The van der Waals surface area contributed by atoms with Gasteiger partial charge in [0.15, 0.2) is 6.19 Å². The van der Waals surface area contributed by atoms with Gasteiger partial charge in [-0.25, -0.2) is 0 Å². The van der Waals surface area contributed by atoms with E-state index in [-0.39, 0.29) is 30.2 Å². The van der Waals surface area contributed by atoms with Crippen LogP contribution in [0.5, 0.6) is 0 Å². The molecule has 0 aromatic rings. The molecule has 36 heavy (non-hydrogen) atoms. The van der Waals surface area contributed by atoms with E-state index in [2.05, 4.69) is 20.0 Å². The molecule has 0 N–H and O–H groups in total. The van der Waals surface area contributed by atoms with Gasteiger partial charge in [0.2, 0.25) is 0 Å². The summed E-state index contributed by atoms with van der Waals surface area (Å²) in [7, 11) is 0. The molecule has 200 valence electrons. The summed E-state index contributed by atoms with van der Waals surface area (Å²) in [5, 5.41) is 9.91. The highest BCUT2D eigenvalue weighted by Gasteiger charge is 2.57. The van der Waals surface area contributed by atoms with Crippen LogP contribution in [-0.2, 0) is 19.1 Å². The number of nitriles is 1. The molecule has 5 rings (SSSR count). The maximum atomic E-state index is 12.2. The summed E-state index contributed by atoms with van der Waals surface area (Å²) in [5.74, 6) is 5.14. The Morgan fingerprint density at radius 3 is 2.22 bits per heavy atom. The van der Waals surface area contributed by atoms with Crippen molar-refractivity contribution in [2.24, 2.45) is 53.3 Å². The molecule has 6 heteroatoms. The van der Waals surface area contributed by atoms with Crippen LogP contribution in [0.4, 0.5) is 0 Å². The smallest absolute Gasteiger partial charge is 0.302 e. The zero-order valence-electron chi connectivity index (χ0n) is 22.7. The Balaban J connectivity index is 1.33. The van der Waals surface area contributed by atoms with Crippen LogP contribution in [0.25, 0.3) is 0 Å². The van der Waals surface area contributed by atoms with E-state index in [9.17, 15) is 14.9 Å². The highest BCUT2D eigenvalue weighted by molar-refractivity contribution is 5.66. The van der Waals surface area contributed by atoms with Crippen molar-refractivity contribution in [3.05, 3.63) is 0 Å². The van der Waals surface area contributed by atoms with Crippen molar-refractivity contribution in [3.8, 4) is 6.19 Å². The van der Waals surface area contributed by atoms with Gasteiger partial charge in [0.1, 0.15) is 12.2 Å². The van der Waals surface area contributed by atoms with Crippen molar-refractivity contribution in [2.75, 3.05) is 6.54 Å². The first kappa shape index (κ1) is 25.9. The third-order valence-corrected chi connectivity index (χ3v) is 11.2. The number of piperidine rings is 1. The fourth-order valence-electron chi connectivity index (χ4n) is 9.98.